The number of allylic oxidation sites excluding steroid dienone is 8. The molecule has 0 bridgehead atoms. The van der Waals surface area contributed by atoms with Gasteiger partial charge in [-0.25, -0.2) is 0 Å². The third-order valence-corrected chi connectivity index (χ3v) is 2.03. The molecule has 0 aliphatic heterocycles. The van der Waals surface area contributed by atoms with E-state index < -0.39 is 0 Å². The third-order valence-electron chi connectivity index (χ3n) is 2.03. The molecule has 15 heavy (non-hydrogen) atoms. The first-order chi connectivity index (χ1) is 6.95. The smallest absolute Gasteiger partial charge is 0.155 e. The lowest BCUT2D eigenvalue weighted by molar-refractivity contribution is -0.303. The summed E-state index contributed by atoms with van der Waals surface area (Å²) in [5.41, 5.74) is 1.43. The van der Waals surface area contributed by atoms with E-state index >= 15 is 0 Å². The standard InChI is InChI=1S/C13H18O2/c1-10(12(3)14)8-6-5-7-9-11(2)13(4)15/h5-9,14H,1-4H3/p-1/b7-5?,8-6?,11-9-,12-10-. The van der Waals surface area contributed by atoms with E-state index in [0.717, 1.165) is 0 Å². The van der Waals surface area contributed by atoms with Gasteiger partial charge in [0.2, 0.25) is 0 Å². The minimum atomic E-state index is 0.0649. The van der Waals surface area contributed by atoms with Crippen LogP contribution in [0.15, 0.2) is 47.3 Å². The molecule has 0 spiro atoms. The second-order valence-corrected chi connectivity index (χ2v) is 3.39. The lowest BCUT2D eigenvalue weighted by Crippen LogP contribution is -1.99. The van der Waals surface area contributed by atoms with Gasteiger partial charge in [-0.1, -0.05) is 42.9 Å². The van der Waals surface area contributed by atoms with Crippen molar-refractivity contribution in [3.63, 3.8) is 0 Å². The first-order valence-electron chi connectivity index (χ1n) is 4.82. The van der Waals surface area contributed by atoms with E-state index in [1.165, 1.54) is 13.8 Å². The molecule has 0 rings (SSSR count). The number of hydrogen-bond donors (Lipinski definition) is 0. The van der Waals surface area contributed by atoms with Gasteiger partial charge in [-0.2, -0.15) is 0 Å². The summed E-state index contributed by atoms with van der Waals surface area (Å²) in [4.78, 5) is 10.8. The fourth-order valence-corrected chi connectivity index (χ4v) is 0.699. The van der Waals surface area contributed by atoms with Crippen LogP contribution < -0.4 is 5.11 Å². The van der Waals surface area contributed by atoms with Crippen LogP contribution in [0, 0.1) is 0 Å². The fourth-order valence-electron chi connectivity index (χ4n) is 0.699. The molecule has 0 saturated heterocycles. The summed E-state index contributed by atoms with van der Waals surface area (Å²) in [6.07, 6.45) is 8.84. The molecule has 82 valence electrons. The molecule has 0 aliphatic carbocycles. The third kappa shape index (κ3) is 6.49. The molecule has 0 aromatic heterocycles. The Labute approximate surface area is 91.3 Å². The minimum Gasteiger partial charge on any atom is -0.875 e. The molecule has 0 heterocycles. The monoisotopic (exact) mass is 205 g/mol. The molecule has 0 fully saturated rings. The number of rotatable bonds is 4. The second kappa shape index (κ2) is 6.82. The molecule has 0 N–H and O–H groups in total. The molecule has 0 amide bonds. The molecule has 2 heteroatoms. The Balaban J connectivity index is 4.30. The summed E-state index contributed by atoms with van der Waals surface area (Å²) < 4.78 is 0. The van der Waals surface area contributed by atoms with Crippen molar-refractivity contribution in [2.45, 2.75) is 27.7 Å². The summed E-state index contributed by atoms with van der Waals surface area (Å²) >= 11 is 0. The van der Waals surface area contributed by atoms with E-state index in [4.69, 9.17) is 0 Å². The number of Topliss-reactive ketones (excluding diaryl/α,β-unsaturated/α-hetero) is 1. The van der Waals surface area contributed by atoms with Crippen LogP contribution in [0.5, 0.6) is 0 Å². The lowest BCUT2D eigenvalue weighted by Gasteiger charge is -2.05. The van der Waals surface area contributed by atoms with Crippen LogP contribution >= 0.6 is 0 Å². The van der Waals surface area contributed by atoms with Crippen molar-refractivity contribution in [2.24, 2.45) is 0 Å². The molecular weight excluding hydrogens is 188 g/mol. The van der Waals surface area contributed by atoms with Crippen LogP contribution in [0.4, 0.5) is 0 Å². The molecule has 0 aliphatic rings. The van der Waals surface area contributed by atoms with Crippen molar-refractivity contribution in [3.05, 3.63) is 47.3 Å². The molecular formula is C13H17O2-. The zero-order chi connectivity index (χ0) is 11.8. The fraction of sp³-hybridized carbons (Fsp3) is 0.308. The van der Waals surface area contributed by atoms with Gasteiger partial charge in [0.1, 0.15) is 0 Å². The van der Waals surface area contributed by atoms with Crippen LogP contribution in [-0.4, -0.2) is 5.78 Å². The largest absolute Gasteiger partial charge is 0.875 e. The van der Waals surface area contributed by atoms with Crippen LogP contribution in [0.1, 0.15) is 27.7 Å². The lowest BCUT2D eigenvalue weighted by atomic mass is 10.2. The second-order valence-electron chi connectivity index (χ2n) is 3.39. The summed E-state index contributed by atoms with van der Waals surface area (Å²) in [6.45, 7) is 6.60. The topological polar surface area (TPSA) is 40.1 Å². The van der Waals surface area contributed by atoms with Crippen LogP contribution in [0.3, 0.4) is 0 Å². The van der Waals surface area contributed by atoms with Gasteiger partial charge in [-0.3, -0.25) is 4.79 Å². The Kier molecular flexibility index (Phi) is 6.11. The van der Waals surface area contributed by atoms with E-state index in [2.05, 4.69) is 0 Å². The van der Waals surface area contributed by atoms with E-state index in [-0.39, 0.29) is 11.5 Å². The highest BCUT2D eigenvalue weighted by Crippen LogP contribution is 1.99. The number of carbonyl (C=O) groups is 1. The van der Waals surface area contributed by atoms with E-state index in [0.29, 0.717) is 11.1 Å². The summed E-state index contributed by atoms with van der Waals surface area (Å²) in [5.74, 6) is 0.130. The Morgan fingerprint density at radius 3 is 2.07 bits per heavy atom. The van der Waals surface area contributed by atoms with Crippen molar-refractivity contribution in [3.8, 4) is 0 Å². The van der Waals surface area contributed by atoms with Crippen LogP contribution in [0.25, 0.3) is 0 Å². The van der Waals surface area contributed by atoms with Gasteiger partial charge >= 0.3 is 0 Å². The normalized spacial score (nSPS) is 14.8. The predicted molar refractivity (Wildman–Crippen MR) is 61.1 cm³/mol. The number of hydrogen-bond acceptors (Lipinski definition) is 2. The highest BCUT2D eigenvalue weighted by atomic mass is 16.3. The zero-order valence-corrected chi connectivity index (χ0v) is 9.70. The Bertz CT molecular complexity index is 338. The molecule has 0 unspecified atom stereocenters. The molecule has 0 aromatic rings. The summed E-state index contributed by atoms with van der Waals surface area (Å²) in [6, 6.07) is 0. The van der Waals surface area contributed by atoms with Crippen molar-refractivity contribution < 1.29 is 9.90 Å². The molecule has 0 radical (unpaired) electrons. The van der Waals surface area contributed by atoms with Crippen molar-refractivity contribution in [1.29, 1.82) is 0 Å². The Morgan fingerprint density at radius 1 is 1.00 bits per heavy atom. The van der Waals surface area contributed by atoms with Gasteiger partial charge in [0, 0.05) is 0 Å². The summed E-state index contributed by atoms with van der Waals surface area (Å²) in [7, 11) is 0. The highest BCUT2D eigenvalue weighted by Gasteiger charge is 1.90. The van der Waals surface area contributed by atoms with Gasteiger partial charge in [-0.15, -0.1) is 5.76 Å². The average Bonchev–Trinajstić information content (AvgIpc) is 2.16. The first kappa shape index (κ1) is 13.4. The quantitative estimate of drug-likeness (QED) is 0.401. The SMILES string of the molecule is CC(=O)/C(C)=C\C=CC=C/C(C)=C(/C)[O-]. The first-order valence-corrected chi connectivity index (χ1v) is 4.82. The highest BCUT2D eigenvalue weighted by molar-refractivity contribution is 5.92. The van der Waals surface area contributed by atoms with Crippen molar-refractivity contribution in [1.82, 2.24) is 0 Å². The van der Waals surface area contributed by atoms with Gasteiger partial charge in [0.25, 0.3) is 0 Å². The van der Waals surface area contributed by atoms with E-state index in [1.54, 1.807) is 44.2 Å². The maximum absolute atomic E-state index is 10.8. The van der Waals surface area contributed by atoms with Gasteiger partial charge in [-0.05, 0) is 26.3 Å². The Morgan fingerprint density at radius 2 is 1.60 bits per heavy atom. The van der Waals surface area contributed by atoms with E-state index in [9.17, 15) is 9.90 Å². The number of ketones is 1. The molecule has 2 nitrogen and oxygen atoms in total. The van der Waals surface area contributed by atoms with Crippen molar-refractivity contribution in [2.75, 3.05) is 0 Å². The van der Waals surface area contributed by atoms with Crippen LogP contribution in [0.2, 0.25) is 0 Å². The average molecular weight is 205 g/mol. The molecule has 0 aromatic carbocycles. The van der Waals surface area contributed by atoms with Crippen LogP contribution in [-0.2, 0) is 4.79 Å². The number of carbonyl (C=O) groups excluding carboxylic acids is 1. The van der Waals surface area contributed by atoms with Gasteiger partial charge < -0.3 is 5.11 Å². The predicted octanol–water partition coefficient (Wildman–Crippen LogP) is 2.29. The van der Waals surface area contributed by atoms with E-state index in [1.807, 2.05) is 0 Å². The Hall–Kier alpha value is -1.57. The van der Waals surface area contributed by atoms with Gasteiger partial charge in [0.15, 0.2) is 5.78 Å². The minimum absolute atomic E-state index is 0.0649. The van der Waals surface area contributed by atoms with Crippen molar-refractivity contribution >= 4 is 5.78 Å². The maximum Gasteiger partial charge on any atom is 0.155 e. The molecule has 0 atom stereocenters. The summed E-state index contributed by atoms with van der Waals surface area (Å²) in [5, 5.41) is 10.8. The zero-order valence-electron chi connectivity index (χ0n) is 9.70. The van der Waals surface area contributed by atoms with Gasteiger partial charge in [0.05, 0.1) is 0 Å². The maximum atomic E-state index is 10.8. The molecule has 0 saturated carbocycles.